The van der Waals surface area contributed by atoms with E-state index in [1.54, 1.807) is 38.6 Å². The molecule has 1 amide bonds. The van der Waals surface area contributed by atoms with Crippen LogP contribution in [0.5, 0.6) is 17.4 Å². The zero-order chi connectivity index (χ0) is 20.5. The number of methoxy groups -OCH3 is 2. The third kappa shape index (κ3) is 5.72. The van der Waals surface area contributed by atoms with Gasteiger partial charge in [0.05, 0.1) is 20.6 Å². The number of ether oxygens (including phenoxy) is 3. The Bertz CT molecular complexity index is 945. The number of carbonyl (C=O) groups excluding carboxylic acids is 1. The SMILES string of the molecule is COc1ccc(OC)c(CC(=O)NCc2cccnc2OCc2ccccc2)c1. The molecule has 0 atom stereocenters. The monoisotopic (exact) mass is 392 g/mol. The number of pyridine rings is 1. The van der Waals surface area contributed by atoms with Crippen LogP contribution in [0.1, 0.15) is 16.7 Å². The van der Waals surface area contributed by atoms with E-state index in [0.717, 1.165) is 16.7 Å². The molecule has 3 rings (SSSR count). The van der Waals surface area contributed by atoms with Gasteiger partial charge in [-0.1, -0.05) is 36.4 Å². The van der Waals surface area contributed by atoms with Crippen molar-refractivity contribution in [1.82, 2.24) is 10.3 Å². The molecule has 0 bridgehead atoms. The van der Waals surface area contributed by atoms with Crippen LogP contribution in [0.2, 0.25) is 0 Å². The molecule has 2 aromatic carbocycles. The predicted octanol–water partition coefficient (Wildman–Crippen LogP) is 3.54. The molecule has 6 nitrogen and oxygen atoms in total. The number of nitrogens with zero attached hydrogens (tertiary/aromatic N) is 1. The van der Waals surface area contributed by atoms with Crippen LogP contribution in [0.3, 0.4) is 0 Å². The first-order valence-corrected chi connectivity index (χ1v) is 9.28. The van der Waals surface area contributed by atoms with E-state index in [1.807, 2.05) is 42.5 Å². The van der Waals surface area contributed by atoms with Crippen LogP contribution in [0.4, 0.5) is 0 Å². The van der Waals surface area contributed by atoms with Gasteiger partial charge in [0.2, 0.25) is 11.8 Å². The third-order valence-electron chi connectivity index (χ3n) is 4.38. The van der Waals surface area contributed by atoms with Crippen molar-refractivity contribution in [2.24, 2.45) is 0 Å². The maximum absolute atomic E-state index is 12.5. The van der Waals surface area contributed by atoms with Crippen molar-refractivity contribution in [2.75, 3.05) is 14.2 Å². The van der Waals surface area contributed by atoms with E-state index in [0.29, 0.717) is 30.5 Å². The Morgan fingerprint density at radius 3 is 2.55 bits per heavy atom. The molecule has 0 saturated carbocycles. The minimum absolute atomic E-state index is 0.130. The fourth-order valence-electron chi connectivity index (χ4n) is 2.86. The topological polar surface area (TPSA) is 69.7 Å². The number of amides is 1. The molecule has 29 heavy (non-hydrogen) atoms. The summed E-state index contributed by atoms with van der Waals surface area (Å²) in [5.74, 6) is 1.71. The van der Waals surface area contributed by atoms with Crippen molar-refractivity contribution in [3.8, 4) is 17.4 Å². The smallest absolute Gasteiger partial charge is 0.224 e. The minimum atomic E-state index is -0.130. The van der Waals surface area contributed by atoms with Gasteiger partial charge in [0.15, 0.2) is 0 Å². The molecule has 0 aliphatic rings. The van der Waals surface area contributed by atoms with E-state index in [2.05, 4.69) is 10.3 Å². The Balaban J connectivity index is 1.61. The van der Waals surface area contributed by atoms with Crippen molar-refractivity contribution in [1.29, 1.82) is 0 Å². The Labute approximate surface area is 170 Å². The molecule has 150 valence electrons. The van der Waals surface area contributed by atoms with Crippen LogP contribution in [0, 0.1) is 0 Å². The average molecular weight is 392 g/mol. The number of carbonyl (C=O) groups is 1. The summed E-state index contributed by atoms with van der Waals surface area (Å²) < 4.78 is 16.4. The molecule has 1 heterocycles. The summed E-state index contributed by atoms with van der Waals surface area (Å²) in [5, 5.41) is 2.92. The zero-order valence-electron chi connectivity index (χ0n) is 16.6. The Hall–Kier alpha value is -3.54. The van der Waals surface area contributed by atoms with Gasteiger partial charge in [-0.15, -0.1) is 0 Å². The number of benzene rings is 2. The van der Waals surface area contributed by atoms with E-state index in [9.17, 15) is 4.79 Å². The molecule has 0 spiro atoms. The summed E-state index contributed by atoms with van der Waals surface area (Å²) in [6, 6.07) is 19.0. The van der Waals surface area contributed by atoms with E-state index < -0.39 is 0 Å². The van der Waals surface area contributed by atoms with Crippen molar-refractivity contribution in [3.63, 3.8) is 0 Å². The zero-order valence-corrected chi connectivity index (χ0v) is 16.6. The molecule has 0 unspecified atom stereocenters. The quantitative estimate of drug-likeness (QED) is 0.603. The maximum Gasteiger partial charge on any atom is 0.224 e. The first-order valence-electron chi connectivity index (χ1n) is 9.28. The third-order valence-corrected chi connectivity index (χ3v) is 4.38. The largest absolute Gasteiger partial charge is 0.497 e. The molecule has 0 saturated heterocycles. The lowest BCUT2D eigenvalue weighted by Crippen LogP contribution is -2.25. The van der Waals surface area contributed by atoms with Crippen LogP contribution in [-0.4, -0.2) is 25.1 Å². The van der Waals surface area contributed by atoms with Gasteiger partial charge < -0.3 is 19.5 Å². The highest BCUT2D eigenvalue weighted by Crippen LogP contribution is 2.24. The van der Waals surface area contributed by atoms with Crippen LogP contribution >= 0.6 is 0 Å². The summed E-state index contributed by atoms with van der Waals surface area (Å²) in [6.45, 7) is 0.739. The van der Waals surface area contributed by atoms with Gasteiger partial charge in [-0.3, -0.25) is 4.79 Å². The van der Waals surface area contributed by atoms with Crippen LogP contribution in [-0.2, 0) is 24.4 Å². The second-order valence-electron chi connectivity index (χ2n) is 6.37. The van der Waals surface area contributed by atoms with Crippen LogP contribution in [0.25, 0.3) is 0 Å². The Morgan fingerprint density at radius 1 is 0.966 bits per heavy atom. The molecule has 0 fully saturated rings. The second kappa shape index (κ2) is 10.1. The van der Waals surface area contributed by atoms with Gasteiger partial charge in [-0.05, 0) is 29.8 Å². The normalized spacial score (nSPS) is 10.3. The predicted molar refractivity (Wildman–Crippen MR) is 110 cm³/mol. The molecule has 1 aromatic heterocycles. The summed E-state index contributed by atoms with van der Waals surface area (Å²) in [7, 11) is 3.17. The summed E-state index contributed by atoms with van der Waals surface area (Å²) in [5.41, 5.74) is 2.63. The highest BCUT2D eigenvalue weighted by molar-refractivity contribution is 5.79. The number of hydrogen-bond acceptors (Lipinski definition) is 5. The number of rotatable bonds is 9. The average Bonchev–Trinajstić information content (AvgIpc) is 2.77. The molecule has 0 aliphatic carbocycles. The molecule has 0 aliphatic heterocycles. The highest BCUT2D eigenvalue weighted by atomic mass is 16.5. The molecule has 3 aromatic rings. The van der Waals surface area contributed by atoms with Gasteiger partial charge in [-0.2, -0.15) is 0 Å². The van der Waals surface area contributed by atoms with E-state index >= 15 is 0 Å². The number of nitrogens with one attached hydrogen (secondary N) is 1. The van der Waals surface area contributed by atoms with E-state index in [1.165, 1.54) is 0 Å². The van der Waals surface area contributed by atoms with Gasteiger partial charge in [0, 0.05) is 23.9 Å². The highest BCUT2D eigenvalue weighted by Gasteiger charge is 2.12. The van der Waals surface area contributed by atoms with Crippen molar-refractivity contribution in [2.45, 2.75) is 19.6 Å². The fraction of sp³-hybridized carbons (Fsp3) is 0.217. The number of aromatic nitrogens is 1. The van der Waals surface area contributed by atoms with Crippen molar-refractivity contribution in [3.05, 3.63) is 83.6 Å². The van der Waals surface area contributed by atoms with Gasteiger partial charge in [-0.25, -0.2) is 4.98 Å². The Morgan fingerprint density at radius 2 is 1.79 bits per heavy atom. The van der Waals surface area contributed by atoms with Gasteiger partial charge in [0.1, 0.15) is 18.1 Å². The van der Waals surface area contributed by atoms with Crippen molar-refractivity contribution < 1.29 is 19.0 Å². The fourth-order valence-corrected chi connectivity index (χ4v) is 2.86. The summed E-state index contributed by atoms with van der Waals surface area (Å²) in [4.78, 5) is 16.8. The second-order valence-corrected chi connectivity index (χ2v) is 6.37. The van der Waals surface area contributed by atoms with E-state index in [-0.39, 0.29) is 12.3 Å². The van der Waals surface area contributed by atoms with Crippen molar-refractivity contribution >= 4 is 5.91 Å². The van der Waals surface area contributed by atoms with Gasteiger partial charge in [0.25, 0.3) is 0 Å². The molecular formula is C23H24N2O4. The first kappa shape index (κ1) is 20.2. The summed E-state index contributed by atoms with van der Waals surface area (Å²) in [6.07, 6.45) is 1.85. The van der Waals surface area contributed by atoms with Crippen LogP contribution < -0.4 is 19.5 Å². The molecule has 1 N–H and O–H groups in total. The minimum Gasteiger partial charge on any atom is -0.497 e. The van der Waals surface area contributed by atoms with Gasteiger partial charge >= 0.3 is 0 Å². The van der Waals surface area contributed by atoms with E-state index in [4.69, 9.17) is 14.2 Å². The lowest BCUT2D eigenvalue weighted by molar-refractivity contribution is -0.120. The first-order chi connectivity index (χ1) is 14.2. The standard InChI is InChI=1S/C23H24N2O4/c1-27-20-10-11-21(28-2)19(13-20)14-22(26)25-15-18-9-6-12-24-23(18)29-16-17-7-4-3-5-8-17/h3-13H,14-16H2,1-2H3,(H,25,26). The van der Waals surface area contributed by atoms with Crippen LogP contribution in [0.15, 0.2) is 66.9 Å². The molecule has 6 heteroatoms. The number of hydrogen-bond donors (Lipinski definition) is 1. The molecule has 0 radical (unpaired) electrons. The Kier molecular flexibility index (Phi) is 7.05. The maximum atomic E-state index is 12.5. The lowest BCUT2D eigenvalue weighted by Gasteiger charge is -2.13. The molecular weight excluding hydrogens is 368 g/mol. The lowest BCUT2D eigenvalue weighted by atomic mass is 10.1. The summed E-state index contributed by atoms with van der Waals surface area (Å²) >= 11 is 0.